The number of nitrogens with one attached hydrogen (secondary N) is 1. The summed E-state index contributed by atoms with van der Waals surface area (Å²) < 4.78 is 13.0. The van der Waals surface area contributed by atoms with Crippen molar-refractivity contribution in [1.82, 2.24) is 14.6 Å². The van der Waals surface area contributed by atoms with Crippen molar-refractivity contribution in [3.05, 3.63) is 86.3 Å². The number of carbonyl (C=O) groups excluding carboxylic acids is 1. The number of pyridine rings is 1. The third kappa shape index (κ3) is 5.95. The molecule has 0 atom stereocenters. The van der Waals surface area contributed by atoms with E-state index in [1.54, 1.807) is 18.3 Å². The fraction of sp³-hybridized carbons (Fsp3) is 0.357. The molecule has 2 aromatic carbocycles. The Morgan fingerprint density at radius 1 is 1.11 bits per heavy atom. The molecule has 37 heavy (non-hydrogen) atoms. The molecule has 0 radical (unpaired) electrons. The van der Waals surface area contributed by atoms with E-state index in [0.717, 1.165) is 47.4 Å². The van der Waals surface area contributed by atoms with Crippen LogP contribution in [-0.2, 0) is 40.4 Å². The summed E-state index contributed by atoms with van der Waals surface area (Å²) in [6.07, 6.45) is 1.72. The van der Waals surface area contributed by atoms with Gasteiger partial charge < -0.3 is 24.3 Å². The fourth-order valence-electron chi connectivity index (χ4n) is 4.82. The minimum Gasteiger partial charge on any atom is -0.394 e. The smallest absolute Gasteiger partial charge is 0.224 e. The highest BCUT2D eigenvalue weighted by atomic mass is 35.5. The monoisotopic (exact) mass is 523 g/mol. The summed E-state index contributed by atoms with van der Waals surface area (Å²) in [7, 11) is 0. The van der Waals surface area contributed by atoms with Crippen molar-refractivity contribution in [1.29, 1.82) is 0 Å². The van der Waals surface area contributed by atoms with E-state index in [2.05, 4.69) is 16.3 Å². The third-order valence-electron chi connectivity index (χ3n) is 6.64. The molecule has 0 unspecified atom stereocenters. The molecule has 1 aliphatic heterocycles. The van der Waals surface area contributed by atoms with Crippen LogP contribution in [0.2, 0.25) is 5.02 Å². The molecule has 1 amide bonds. The van der Waals surface area contributed by atoms with Crippen LogP contribution >= 0.6 is 11.6 Å². The fourth-order valence-corrected chi connectivity index (χ4v) is 4.95. The van der Waals surface area contributed by atoms with Gasteiger partial charge in [-0.05, 0) is 41.5 Å². The topological polar surface area (TPSA) is 92.5 Å². The van der Waals surface area contributed by atoms with Gasteiger partial charge in [-0.3, -0.25) is 14.5 Å². The second-order valence-corrected chi connectivity index (χ2v) is 9.75. The van der Waals surface area contributed by atoms with Gasteiger partial charge in [0.1, 0.15) is 0 Å². The summed E-state index contributed by atoms with van der Waals surface area (Å²) >= 11 is 5.94. The molecule has 1 fully saturated rings. The van der Waals surface area contributed by atoms with Crippen molar-refractivity contribution in [3.8, 4) is 0 Å². The van der Waals surface area contributed by atoms with E-state index in [1.807, 2.05) is 28.7 Å². The number of morpholine rings is 1. The lowest BCUT2D eigenvalue weighted by molar-refractivity contribution is -0.120. The van der Waals surface area contributed by atoms with Gasteiger partial charge in [0.25, 0.3) is 0 Å². The first-order valence-electron chi connectivity index (χ1n) is 12.4. The highest BCUT2D eigenvalue weighted by Gasteiger charge is 2.19. The van der Waals surface area contributed by atoms with Gasteiger partial charge >= 0.3 is 0 Å². The van der Waals surface area contributed by atoms with Crippen molar-refractivity contribution in [3.63, 3.8) is 0 Å². The Kier molecular flexibility index (Phi) is 8.02. The molecule has 4 aromatic rings. The SMILES string of the molecule is O=C(Cc1cn2c(COCCO)cc3cc(CN4CCOCC4)cc(c1=O)c32)NCc1ccc(Cl)cc1. The summed E-state index contributed by atoms with van der Waals surface area (Å²) in [5.41, 5.74) is 3.94. The molecule has 2 aromatic heterocycles. The molecular weight excluding hydrogens is 494 g/mol. The molecule has 0 saturated carbocycles. The summed E-state index contributed by atoms with van der Waals surface area (Å²) in [6, 6.07) is 13.4. The highest BCUT2D eigenvalue weighted by molar-refractivity contribution is 6.30. The first kappa shape index (κ1) is 25.6. The molecule has 3 heterocycles. The van der Waals surface area contributed by atoms with Crippen LogP contribution in [0.3, 0.4) is 0 Å². The van der Waals surface area contributed by atoms with E-state index in [1.165, 1.54) is 0 Å². The maximum absolute atomic E-state index is 13.6. The number of ether oxygens (including phenoxy) is 2. The lowest BCUT2D eigenvalue weighted by atomic mass is 10.0. The molecule has 194 valence electrons. The molecule has 9 heteroatoms. The third-order valence-corrected chi connectivity index (χ3v) is 6.89. The molecular formula is C28H30ClN3O5. The molecule has 0 bridgehead atoms. The number of carbonyl (C=O) groups is 1. The second-order valence-electron chi connectivity index (χ2n) is 9.32. The summed E-state index contributed by atoms with van der Waals surface area (Å²) in [4.78, 5) is 28.7. The highest BCUT2D eigenvalue weighted by Crippen LogP contribution is 2.27. The largest absolute Gasteiger partial charge is 0.394 e. The van der Waals surface area contributed by atoms with Crippen LogP contribution in [0.4, 0.5) is 0 Å². The number of halogens is 1. The van der Waals surface area contributed by atoms with Crippen LogP contribution in [0.5, 0.6) is 0 Å². The van der Waals surface area contributed by atoms with Crippen LogP contribution < -0.4 is 10.7 Å². The average Bonchev–Trinajstić information content (AvgIpc) is 3.24. The van der Waals surface area contributed by atoms with Gasteiger partial charge in [0.15, 0.2) is 5.43 Å². The van der Waals surface area contributed by atoms with Crippen molar-refractivity contribution in [2.75, 3.05) is 39.5 Å². The maximum Gasteiger partial charge on any atom is 0.224 e. The van der Waals surface area contributed by atoms with E-state index in [4.69, 9.17) is 26.2 Å². The molecule has 1 saturated heterocycles. The number of hydrogen-bond acceptors (Lipinski definition) is 6. The average molecular weight is 524 g/mol. The van der Waals surface area contributed by atoms with E-state index in [0.29, 0.717) is 35.7 Å². The van der Waals surface area contributed by atoms with Gasteiger partial charge in [0.05, 0.1) is 45.0 Å². The summed E-state index contributed by atoms with van der Waals surface area (Å²) in [6.45, 7) is 4.62. The molecule has 5 rings (SSSR count). The molecule has 2 N–H and O–H groups in total. The summed E-state index contributed by atoms with van der Waals surface area (Å²) in [5.74, 6) is -0.232. The predicted molar refractivity (Wildman–Crippen MR) is 142 cm³/mol. The minimum absolute atomic E-state index is 0.0316. The molecule has 1 aliphatic rings. The Morgan fingerprint density at radius 2 is 1.89 bits per heavy atom. The van der Waals surface area contributed by atoms with Gasteiger partial charge in [-0.2, -0.15) is 0 Å². The van der Waals surface area contributed by atoms with E-state index in [9.17, 15) is 9.59 Å². The van der Waals surface area contributed by atoms with Crippen molar-refractivity contribution in [2.45, 2.75) is 26.1 Å². The number of amides is 1. The number of benzene rings is 2. The Bertz CT molecular complexity index is 1430. The van der Waals surface area contributed by atoms with Gasteiger partial charge in [-0.25, -0.2) is 0 Å². The number of aliphatic hydroxyl groups excluding tert-OH is 1. The van der Waals surface area contributed by atoms with Gasteiger partial charge in [-0.1, -0.05) is 23.7 Å². The van der Waals surface area contributed by atoms with Crippen LogP contribution in [0.25, 0.3) is 16.3 Å². The standard InChI is InChI=1S/C28H30ClN3O5/c29-23-3-1-19(2-4-23)15-30-26(34)14-22-17-32-24(18-37-10-7-33)13-21-11-20(12-25(27(21)32)28(22)35)16-31-5-8-36-9-6-31/h1-4,11-13,17,33H,5-10,14-16,18H2,(H,30,34). The van der Waals surface area contributed by atoms with Crippen LogP contribution in [-0.4, -0.2) is 59.8 Å². The van der Waals surface area contributed by atoms with Crippen molar-refractivity contribution < 1.29 is 19.4 Å². The first-order chi connectivity index (χ1) is 18.0. The number of nitrogens with zero attached hydrogens (tertiary/aromatic N) is 2. The van der Waals surface area contributed by atoms with E-state index in [-0.39, 0.29) is 37.6 Å². The molecule has 8 nitrogen and oxygen atoms in total. The van der Waals surface area contributed by atoms with Crippen LogP contribution in [0.15, 0.2) is 53.5 Å². The molecule has 0 spiro atoms. The Balaban J connectivity index is 1.45. The van der Waals surface area contributed by atoms with E-state index < -0.39 is 0 Å². The van der Waals surface area contributed by atoms with Crippen molar-refractivity contribution >= 4 is 33.8 Å². The van der Waals surface area contributed by atoms with Crippen LogP contribution in [0, 0.1) is 0 Å². The zero-order chi connectivity index (χ0) is 25.8. The first-order valence-corrected chi connectivity index (χ1v) is 12.8. The van der Waals surface area contributed by atoms with Crippen molar-refractivity contribution in [2.24, 2.45) is 0 Å². The van der Waals surface area contributed by atoms with E-state index >= 15 is 0 Å². The maximum atomic E-state index is 13.6. The lowest BCUT2D eigenvalue weighted by Crippen LogP contribution is -2.35. The summed E-state index contributed by atoms with van der Waals surface area (Å²) in [5, 5.41) is 14.2. The second kappa shape index (κ2) is 11.6. The number of aromatic nitrogens is 1. The molecule has 0 aliphatic carbocycles. The van der Waals surface area contributed by atoms with Gasteiger partial charge in [-0.15, -0.1) is 0 Å². The lowest BCUT2D eigenvalue weighted by Gasteiger charge is -2.26. The Labute approximate surface area is 219 Å². The Hall–Kier alpha value is -3.01. The quantitative estimate of drug-likeness (QED) is 0.311. The van der Waals surface area contributed by atoms with Gasteiger partial charge in [0, 0.05) is 59.4 Å². The number of rotatable bonds is 10. The predicted octanol–water partition coefficient (Wildman–Crippen LogP) is 2.74. The normalized spacial score (nSPS) is 14.5. The van der Waals surface area contributed by atoms with Crippen LogP contribution in [0.1, 0.15) is 22.4 Å². The van der Waals surface area contributed by atoms with Gasteiger partial charge in [0.2, 0.25) is 5.91 Å². The zero-order valence-corrected chi connectivity index (χ0v) is 21.3. The minimum atomic E-state index is -0.232. The Morgan fingerprint density at radius 3 is 2.65 bits per heavy atom. The zero-order valence-electron chi connectivity index (χ0n) is 20.5. The number of aliphatic hydroxyl groups is 1. The number of hydrogen-bond donors (Lipinski definition) is 2.